The summed E-state index contributed by atoms with van der Waals surface area (Å²) < 4.78 is 3.80. The monoisotopic (exact) mass is 224 g/mol. The van der Waals surface area contributed by atoms with Gasteiger partial charge in [0.05, 0.1) is 6.33 Å². The predicted molar refractivity (Wildman–Crippen MR) is 58.4 cm³/mol. The highest BCUT2D eigenvalue weighted by atomic mass is 32.2. The van der Waals surface area contributed by atoms with E-state index in [9.17, 15) is 0 Å². The van der Waals surface area contributed by atoms with E-state index in [1.807, 2.05) is 17.8 Å². The third kappa shape index (κ3) is 2.30. The minimum absolute atomic E-state index is 0.445. The number of nitrogen functional groups attached to an aromatic ring is 1. The highest BCUT2D eigenvalue weighted by molar-refractivity contribution is 7.99. The van der Waals surface area contributed by atoms with Gasteiger partial charge in [-0.2, -0.15) is 0 Å². The fraction of sp³-hybridized carbons (Fsp3) is 0.375. The van der Waals surface area contributed by atoms with Crippen molar-refractivity contribution in [2.75, 3.05) is 11.5 Å². The van der Waals surface area contributed by atoms with Gasteiger partial charge in [-0.15, -0.1) is 10.2 Å². The topological polar surface area (TPSA) is 74.6 Å². The summed E-state index contributed by atoms with van der Waals surface area (Å²) in [6, 6.07) is 0. The number of thioether (sulfide) groups is 1. The summed E-state index contributed by atoms with van der Waals surface area (Å²) in [6.45, 7) is 0.900. The Morgan fingerprint density at radius 1 is 1.47 bits per heavy atom. The van der Waals surface area contributed by atoms with Gasteiger partial charge in [0.15, 0.2) is 5.16 Å². The van der Waals surface area contributed by atoms with Crippen LogP contribution < -0.4 is 5.73 Å². The summed E-state index contributed by atoms with van der Waals surface area (Å²) in [5.41, 5.74) is 5.57. The molecule has 0 amide bonds. The fourth-order valence-corrected chi connectivity index (χ4v) is 1.98. The molecule has 2 heterocycles. The number of hydrogen-bond donors (Lipinski definition) is 1. The molecule has 0 bridgehead atoms. The maximum absolute atomic E-state index is 5.57. The highest BCUT2D eigenvalue weighted by Gasteiger charge is 2.05. The number of aromatic nitrogens is 5. The number of nitrogens with two attached hydrogens (primary N) is 1. The van der Waals surface area contributed by atoms with Gasteiger partial charge in [0.25, 0.3) is 0 Å². The van der Waals surface area contributed by atoms with E-state index < -0.39 is 0 Å². The van der Waals surface area contributed by atoms with Gasteiger partial charge in [0.1, 0.15) is 0 Å². The Morgan fingerprint density at radius 2 is 2.33 bits per heavy atom. The third-order valence-electron chi connectivity index (χ3n) is 2.01. The van der Waals surface area contributed by atoms with Crippen LogP contribution in [-0.4, -0.2) is 30.1 Å². The first-order valence-electron chi connectivity index (χ1n) is 4.51. The number of nitrogens with zero attached hydrogens (tertiary/aromatic N) is 5. The van der Waals surface area contributed by atoms with E-state index in [4.69, 9.17) is 5.73 Å². The lowest BCUT2D eigenvalue weighted by atomic mass is 10.7. The van der Waals surface area contributed by atoms with E-state index in [0.29, 0.717) is 5.95 Å². The number of imidazole rings is 1. The van der Waals surface area contributed by atoms with Crippen molar-refractivity contribution in [3.63, 3.8) is 0 Å². The summed E-state index contributed by atoms with van der Waals surface area (Å²) in [7, 11) is 1.86. The molecule has 2 aromatic heterocycles. The SMILES string of the molecule is Cn1c(N)nnc1SCCn1ccnc1. The predicted octanol–water partition coefficient (Wildman–Crippen LogP) is 0.386. The molecule has 7 heteroatoms. The second-order valence-electron chi connectivity index (χ2n) is 3.05. The highest BCUT2D eigenvalue weighted by Crippen LogP contribution is 2.16. The Bertz CT molecular complexity index is 420. The van der Waals surface area contributed by atoms with Crippen LogP contribution in [0.5, 0.6) is 0 Å². The molecule has 0 saturated carbocycles. The summed E-state index contributed by atoms with van der Waals surface area (Å²) in [5.74, 6) is 1.36. The summed E-state index contributed by atoms with van der Waals surface area (Å²) >= 11 is 1.63. The minimum atomic E-state index is 0.445. The quantitative estimate of drug-likeness (QED) is 0.760. The Kier molecular flexibility index (Phi) is 2.91. The van der Waals surface area contributed by atoms with E-state index in [1.165, 1.54) is 0 Å². The maximum Gasteiger partial charge on any atom is 0.222 e. The molecule has 0 unspecified atom stereocenters. The van der Waals surface area contributed by atoms with Crippen LogP contribution in [0.1, 0.15) is 0 Å². The van der Waals surface area contributed by atoms with Gasteiger partial charge in [0, 0.05) is 31.7 Å². The first kappa shape index (κ1) is 10.0. The van der Waals surface area contributed by atoms with Crippen molar-refractivity contribution in [3.05, 3.63) is 18.7 Å². The first-order valence-corrected chi connectivity index (χ1v) is 5.49. The Morgan fingerprint density at radius 3 is 2.93 bits per heavy atom. The molecule has 15 heavy (non-hydrogen) atoms. The van der Waals surface area contributed by atoms with Crippen LogP contribution in [0.4, 0.5) is 5.95 Å². The molecule has 0 atom stereocenters. The minimum Gasteiger partial charge on any atom is -0.368 e. The van der Waals surface area contributed by atoms with E-state index in [0.717, 1.165) is 17.5 Å². The van der Waals surface area contributed by atoms with Crippen LogP contribution in [0.25, 0.3) is 0 Å². The molecule has 0 aromatic carbocycles. The molecule has 0 aliphatic carbocycles. The Hall–Kier alpha value is -1.50. The number of anilines is 1. The lowest BCUT2D eigenvalue weighted by Gasteiger charge is -2.01. The van der Waals surface area contributed by atoms with Gasteiger partial charge in [-0.25, -0.2) is 4.98 Å². The van der Waals surface area contributed by atoms with Gasteiger partial charge in [-0.05, 0) is 0 Å². The average Bonchev–Trinajstić information content (AvgIpc) is 2.83. The molecule has 0 radical (unpaired) electrons. The van der Waals surface area contributed by atoms with Crippen molar-refractivity contribution in [2.24, 2.45) is 7.05 Å². The standard InChI is InChI=1S/C8H12N6S/c1-13-7(9)11-12-8(13)15-5-4-14-3-2-10-6-14/h2-3,6H,4-5H2,1H3,(H2,9,11). The smallest absolute Gasteiger partial charge is 0.222 e. The Labute approximate surface area is 91.5 Å². The van der Waals surface area contributed by atoms with Gasteiger partial charge >= 0.3 is 0 Å². The second-order valence-corrected chi connectivity index (χ2v) is 4.11. The molecule has 0 spiro atoms. The second kappa shape index (κ2) is 4.35. The van der Waals surface area contributed by atoms with Crippen molar-refractivity contribution < 1.29 is 0 Å². The molecular formula is C8H12N6S. The zero-order valence-electron chi connectivity index (χ0n) is 8.37. The van der Waals surface area contributed by atoms with Gasteiger partial charge < -0.3 is 10.3 Å². The Balaban J connectivity index is 1.86. The summed E-state index contributed by atoms with van der Waals surface area (Å²) in [5, 5.41) is 8.58. The van der Waals surface area contributed by atoms with E-state index >= 15 is 0 Å². The number of hydrogen-bond acceptors (Lipinski definition) is 5. The molecule has 2 aromatic rings. The lowest BCUT2D eigenvalue weighted by Crippen LogP contribution is -2.00. The van der Waals surface area contributed by atoms with E-state index in [2.05, 4.69) is 15.2 Å². The third-order valence-corrected chi connectivity index (χ3v) is 3.01. The molecule has 0 aliphatic rings. The van der Waals surface area contributed by atoms with Gasteiger partial charge in [-0.1, -0.05) is 11.8 Å². The molecule has 0 saturated heterocycles. The van der Waals surface area contributed by atoms with Crippen LogP contribution in [0.2, 0.25) is 0 Å². The summed E-state index contributed by atoms with van der Waals surface area (Å²) in [6.07, 6.45) is 5.50. The van der Waals surface area contributed by atoms with Crippen molar-refractivity contribution in [3.8, 4) is 0 Å². The van der Waals surface area contributed by atoms with Crippen molar-refractivity contribution >= 4 is 17.7 Å². The molecular weight excluding hydrogens is 212 g/mol. The van der Waals surface area contributed by atoms with Gasteiger partial charge in [0.2, 0.25) is 5.95 Å². The summed E-state index contributed by atoms with van der Waals surface area (Å²) in [4.78, 5) is 3.97. The van der Waals surface area contributed by atoms with Crippen LogP contribution in [0, 0.1) is 0 Å². The normalized spacial score (nSPS) is 10.7. The lowest BCUT2D eigenvalue weighted by molar-refractivity contribution is 0.759. The molecule has 0 aliphatic heterocycles. The maximum atomic E-state index is 5.57. The van der Waals surface area contributed by atoms with Crippen molar-refractivity contribution in [2.45, 2.75) is 11.7 Å². The number of rotatable bonds is 4. The van der Waals surface area contributed by atoms with Gasteiger partial charge in [-0.3, -0.25) is 4.57 Å². The largest absolute Gasteiger partial charge is 0.368 e. The van der Waals surface area contributed by atoms with Crippen LogP contribution >= 0.6 is 11.8 Å². The molecule has 80 valence electrons. The van der Waals surface area contributed by atoms with Crippen LogP contribution in [0.3, 0.4) is 0 Å². The number of aryl methyl sites for hydroxylation is 1. The molecule has 0 fully saturated rings. The van der Waals surface area contributed by atoms with E-state index in [-0.39, 0.29) is 0 Å². The van der Waals surface area contributed by atoms with Crippen molar-refractivity contribution in [1.29, 1.82) is 0 Å². The van der Waals surface area contributed by atoms with Crippen LogP contribution in [0.15, 0.2) is 23.9 Å². The van der Waals surface area contributed by atoms with Crippen LogP contribution in [-0.2, 0) is 13.6 Å². The fourth-order valence-electron chi connectivity index (χ4n) is 1.11. The van der Waals surface area contributed by atoms with E-state index in [1.54, 1.807) is 28.9 Å². The average molecular weight is 224 g/mol. The molecule has 6 nitrogen and oxygen atoms in total. The van der Waals surface area contributed by atoms with Crippen molar-refractivity contribution in [1.82, 2.24) is 24.3 Å². The zero-order chi connectivity index (χ0) is 10.7. The zero-order valence-corrected chi connectivity index (χ0v) is 9.18. The molecule has 2 N–H and O–H groups in total. The molecule has 2 rings (SSSR count). The first-order chi connectivity index (χ1) is 7.27.